The first-order valence-electron chi connectivity index (χ1n) is 7.33. The molecule has 0 N–H and O–H groups in total. The molecule has 0 spiro atoms. The van der Waals surface area contributed by atoms with Crippen LogP contribution < -0.4 is 9.47 Å². The minimum atomic E-state index is 0.244. The lowest BCUT2D eigenvalue weighted by Gasteiger charge is -2.08. The normalized spacial score (nSPS) is 10.6. The largest absolute Gasteiger partial charge is 0.497 e. The highest BCUT2D eigenvalue weighted by atomic mass is 16.5. The van der Waals surface area contributed by atoms with Crippen molar-refractivity contribution in [1.29, 1.82) is 0 Å². The first-order chi connectivity index (χ1) is 11.2. The number of benzene rings is 2. The summed E-state index contributed by atoms with van der Waals surface area (Å²) in [5.74, 6) is 2.59. The summed E-state index contributed by atoms with van der Waals surface area (Å²) < 4.78 is 16.2. The molecule has 118 valence electrons. The Hall–Kier alpha value is -2.82. The van der Waals surface area contributed by atoms with Crippen LogP contribution in [0.2, 0.25) is 0 Å². The Balaban J connectivity index is 1.70. The smallest absolute Gasteiger partial charge is 0.264 e. The molecule has 0 saturated heterocycles. The number of methoxy groups -OCH3 is 1. The number of aryl methyl sites for hydroxylation is 1. The number of hydrogen-bond acceptors (Lipinski definition) is 5. The van der Waals surface area contributed by atoms with Crippen molar-refractivity contribution in [2.75, 3.05) is 7.11 Å². The first-order valence-corrected chi connectivity index (χ1v) is 7.33. The van der Waals surface area contributed by atoms with Crippen molar-refractivity contribution in [3.05, 3.63) is 59.5 Å². The van der Waals surface area contributed by atoms with Crippen LogP contribution in [0, 0.1) is 13.8 Å². The number of aromatic nitrogens is 2. The predicted molar refractivity (Wildman–Crippen MR) is 86.5 cm³/mol. The van der Waals surface area contributed by atoms with E-state index in [1.165, 1.54) is 5.56 Å². The molecule has 3 aromatic rings. The molecule has 0 aliphatic rings. The number of rotatable bonds is 5. The molecule has 1 heterocycles. The molecule has 0 aliphatic heterocycles. The van der Waals surface area contributed by atoms with Gasteiger partial charge in [0.15, 0.2) is 6.61 Å². The van der Waals surface area contributed by atoms with E-state index in [1.54, 1.807) is 7.11 Å². The van der Waals surface area contributed by atoms with Gasteiger partial charge in [-0.1, -0.05) is 17.3 Å². The van der Waals surface area contributed by atoms with E-state index in [-0.39, 0.29) is 6.61 Å². The van der Waals surface area contributed by atoms with Gasteiger partial charge in [-0.05, 0) is 55.3 Å². The second-order valence-electron chi connectivity index (χ2n) is 5.23. The lowest BCUT2D eigenvalue weighted by molar-refractivity contribution is 0.241. The van der Waals surface area contributed by atoms with Crippen LogP contribution in [0.5, 0.6) is 11.5 Å². The van der Waals surface area contributed by atoms with Crippen LogP contribution in [0.25, 0.3) is 11.4 Å². The van der Waals surface area contributed by atoms with E-state index in [0.717, 1.165) is 22.6 Å². The topological polar surface area (TPSA) is 57.4 Å². The Morgan fingerprint density at radius 3 is 2.57 bits per heavy atom. The maximum Gasteiger partial charge on any atom is 0.264 e. The molecule has 23 heavy (non-hydrogen) atoms. The molecule has 5 heteroatoms. The van der Waals surface area contributed by atoms with Crippen LogP contribution in [0.4, 0.5) is 0 Å². The summed E-state index contributed by atoms with van der Waals surface area (Å²) >= 11 is 0. The van der Waals surface area contributed by atoms with Crippen LogP contribution in [0.3, 0.4) is 0 Å². The van der Waals surface area contributed by atoms with Crippen LogP contribution in [0.15, 0.2) is 47.0 Å². The summed E-state index contributed by atoms with van der Waals surface area (Å²) in [6, 6.07) is 13.4. The molecule has 0 bridgehead atoms. The molecule has 3 rings (SSSR count). The van der Waals surface area contributed by atoms with E-state index in [4.69, 9.17) is 14.0 Å². The van der Waals surface area contributed by atoms with Gasteiger partial charge in [-0.2, -0.15) is 4.98 Å². The van der Waals surface area contributed by atoms with Crippen molar-refractivity contribution in [3.8, 4) is 22.9 Å². The van der Waals surface area contributed by atoms with Crippen molar-refractivity contribution in [2.24, 2.45) is 0 Å². The zero-order chi connectivity index (χ0) is 16.2. The summed E-state index contributed by atoms with van der Waals surface area (Å²) in [5.41, 5.74) is 3.17. The fraction of sp³-hybridized carbons (Fsp3) is 0.222. The molecule has 0 atom stereocenters. The highest BCUT2D eigenvalue weighted by Gasteiger charge is 2.10. The lowest BCUT2D eigenvalue weighted by atomic mass is 10.1. The summed E-state index contributed by atoms with van der Waals surface area (Å²) in [5, 5.41) is 3.99. The maximum absolute atomic E-state index is 5.77. The van der Waals surface area contributed by atoms with Crippen molar-refractivity contribution in [2.45, 2.75) is 20.5 Å². The minimum Gasteiger partial charge on any atom is -0.497 e. The summed E-state index contributed by atoms with van der Waals surface area (Å²) in [4.78, 5) is 4.36. The molecule has 0 aliphatic carbocycles. The molecule has 0 radical (unpaired) electrons. The van der Waals surface area contributed by atoms with E-state index in [9.17, 15) is 0 Å². The monoisotopic (exact) mass is 310 g/mol. The van der Waals surface area contributed by atoms with E-state index in [1.807, 2.05) is 43.3 Å². The second-order valence-corrected chi connectivity index (χ2v) is 5.23. The summed E-state index contributed by atoms with van der Waals surface area (Å²) in [6.45, 7) is 4.32. The number of nitrogens with zero attached hydrogens (tertiary/aromatic N) is 2. The third kappa shape index (κ3) is 3.34. The van der Waals surface area contributed by atoms with Crippen LogP contribution in [-0.4, -0.2) is 17.3 Å². The van der Waals surface area contributed by atoms with E-state index >= 15 is 0 Å². The second kappa shape index (κ2) is 6.52. The molecule has 0 unspecified atom stereocenters. The highest BCUT2D eigenvalue weighted by molar-refractivity contribution is 5.55. The molecule has 0 saturated carbocycles. The Morgan fingerprint density at radius 2 is 1.83 bits per heavy atom. The number of ether oxygens (including phenoxy) is 2. The predicted octanol–water partition coefficient (Wildman–Crippen LogP) is 3.94. The third-order valence-corrected chi connectivity index (χ3v) is 3.72. The fourth-order valence-corrected chi connectivity index (χ4v) is 2.19. The van der Waals surface area contributed by atoms with Crippen molar-refractivity contribution < 1.29 is 14.0 Å². The lowest BCUT2D eigenvalue weighted by Crippen LogP contribution is -1.98. The average molecular weight is 310 g/mol. The van der Waals surface area contributed by atoms with E-state index in [2.05, 4.69) is 23.1 Å². The van der Waals surface area contributed by atoms with Crippen molar-refractivity contribution in [3.63, 3.8) is 0 Å². The van der Waals surface area contributed by atoms with Gasteiger partial charge in [0.05, 0.1) is 7.11 Å². The Morgan fingerprint density at radius 1 is 1.04 bits per heavy atom. The average Bonchev–Trinajstić information content (AvgIpc) is 3.05. The molecular formula is C18H18N2O3. The molecule has 5 nitrogen and oxygen atoms in total. The van der Waals surface area contributed by atoms with Gasteiger partial charge in [0.1, 0.15) is 11.5 Å². The fourth-order valence-electron chi connectivity index (χ4n) is 2.19. The maximum atomic E-state index is 5.77. The zero-order valence-electron chi connectivity index (χ0n) is 13.4. The van der Waals surface area contributed by atoms with Crippen LogP contribution in [-0.2, 0) is 6.61 Å². The third-order valence-electron chi connectivity index (χ3n) is 3.72. The Labute approximate surface area is 134 Å². The molecule has 2 aromatic carbocycles. The highest BCUT2D eigenvalue weighted by Crippen LogP contribution is 2.23. The van der Waals surface area contributed by atoms with Gasteiger partial charge in [-0.3, -0.25) is 0 Å². The van der Waals surface area contributed by atoms with Gasteiger partial charge in [-0.15, -0.1) is 0 Å². The van der Waals surface area contributed by atoms with Gasteiger partial charge >= 0.3 is 0 Å². The first kappa shape index (κ1) is 15.1. The van der Waals surface area contributed by atoms with E-state index < -0.39 is 0 Å². The van der Waals surface area contributed by atoms with Gasteiger partial charge in [0.2, 0.25) is 5.82 Å². The van der Waals surface area contributed by atoms with Gasteiger partial charge in [-0.25, -0.2) is 0 Å². The molecule has 0 amide bonds. The standard InChI is InChI=1S/C18H18N2O3/c1-12-5-4-6-16(13(12)2)22-11-17-19-18(20-23-17)14-7-9-15(21-3)10-8-14/h4-10H,11H2,1-3H3. The van der Waals surface area contributed by atoms with E-state index in [0.29, 0.717) is 11.7 Å². The molecular weight excluding hydrogens is 292 g/mol. The van der Waals surface area contributed by atoms with Gasteiger partial charge in [0, 0.05) is 5.56 Å². The molecule has 1 aromatic heterocycles. The zero-order valence-corrected chi connectivity index (χ0v) is 13.4. The van der Waals surface area contributed by atoms with Crippen LogP contribution >= 0.6 is 0 Å². The quantitative estimate of drug-likeness (QED) is 0.714. The van der Waals surface area contributed by atoms with Gasteiger partial charge in [0.25, 0.3) is 5.89 Å². The summed E-state index contributed by atoms with van der Waals surface area (Å²) in [7, 11) is 1.63. The Bertz CT molecular complexity index is 794. The van der Waals surface area contributed by atoms with Crippen molar-refractivity contribution >= 4 is 0 Å². The molecule has 0 fully saturated rings. The SMILES string of the molecule is COc1ccc(-c2noc(COc3cccc(C)c3C)n2)cc1. The van der Waals surface area contributed by atoms with Crippen molar-refractivity contribution in [1.82, 2.24) is 10.1 Å². The summed E-state index contributed by atoms with van der Waals surface area (Å²) in [6.07, 6.45) is 0. The Kier molecular flexibility index (Phi) is 4.28. The number of hydrogen-bond donors (Lipinski definition) is 0. The van der Waals surface area contributed by atoms with Gasteiger partial charge < -0.3 is 14.0 Å². The van der Waals surface area contributed by atoms with Crippen LogP contribution in [0.1, 0.15) is 17.0 Å². The minimum absolute atomic E-state index is 0.244.